The maximum Gasteiger partial charge on any atom is 0.226 e. The molecule has 0 saturated carbocycles. The van der Waals surface area contributed by atoms with Gasteiger partial charge in [0.25, 0.3) is 0 Å². The summed E-state index contributed by atoms with van der Waals surface area (Å²) in [6.45, 7) is 2.19. The first-order valence-corrected chi connectivity index (χ1v) is 9.93. The van der Waals surface area contributed by atoms with E-state index in [1.807, 2.05) is 18.2 Å². The molecule has 3 rings (SSSR count). The highest BCUT2D eigenvalue weighted by Crippen LogP contribution is 2.31. The fraction of sp³-hybridized carbons (Fsp3) is 0.562. The Bertz CT molecular complexity index is 711. The third-order valence-electron chi connectivity index (χ3n) is 4.19. The molecule has 2 aliphatic heterocycles. The van der Waals surface area contributed by atoms with Gasteiger partial charge in [0, 0.05) is 19.1 Å². The van der Waals surface area contributed by atoms with Gasteiger partial charge in [0.2, 0.25) is 15.9 Å². The van der Waals surface area contributed by atoms with E-state index in [0.29, 0.717) is 57.1 Å². The van der Waals surface area contributed by atoms with Gasteiger partial charge in [-0.25, -0.2) is 13.1 Å². The molecule has 132 valence electrons. The Morgan fingerprint density at radius 1 is 1.21 bits per heavy atom. The van der Waals surface area contributed by atoms with Crippen molar-refractivity contribution in [3.8, 4) is 11.5 Å². The van der Waals surface area contributed by atoms with Crippen molar-refractivity contribution < 1.29 is 22.7 Å². The number of hydrogen-bond donors (Lipinski definition) is 1. The van der Waals surface area contributed by atoms with Crippen LogP contribution in [0.25, 0.3) is 0 Å². The maximum atomic E-state index is 12.4. The Balaban J connectivity index is 1.54. The van der Waals surface area contributed by atoms with Crippen LogP contribution in [0.2, 0.25) is 0 Å². The van der Waals surface area contributed by atoms with Gasteiger partial charge < -0.3 is 14.4 Å². The first kappa shape index (κ1) is 17.0. The minimum absolute atomic E-state index is 0.0458. The molecule has 24 heavy (non-hydrogen) atoms. The normalized spacial score (nSPS) is 18.5. The molecule has 8 heteroatoms. The number of ether oxygens (including phenoxy) is 2. The van der Waals surface area contributed by atoms with E-state index in [2.05, 4.69) is 4.72 Å². The van der Waals surface area contributed by atoms with E-state index in [0.717, 1.165) is 11.8 Å². The molecule has 2 aliphatic rings. The fourth-order valence-electron chi connectivity index (χ4n) is 3.03. The van der Waals surface area contributed by atoms with Crippen LogP contribution in [0, 0.1) is 0 Å². The van der Waals surface area contributed by atoms with Crippen LogP contribution in [0.4, 0.5) is 0 Å². The molecule has 0 spiro atoms. The van der Waals surface area contributed by atoms with Crippen LogP contribution in [0.5, 0.6) is 11.5 Å². The van der Waals surface area contributed by atoms with Crippen LogP contribution in [-0.4, -0.2) is 57.8 Å². The van der Waals surface area contributed by atoms with Gasteiger partial charge >= 0.3 is 0 Å². The van der Waals surface area contributed by atoms with Gasteiger partial charge in [0.05, 0.1) is 12.7 Å². The summed E-state index contributed by atoms with van der Waals surface area (Å²) in [4.78, 5) is 14.2. The number of rotatable bonds is 4. The largest absolute Gasteiger partial charge is 0.486 e. The third-order valence-corrected chi connectivity index (χ3v) is 4.95. The standard InChI is InChI=1S/C16H22N2O5S/c1-24(20,21)17-13-4-6-18(7-5-13)16(19)11-12-2-3-14-15(10-12)23-9-8-22-14/h2-3,10,13,17H,4-9,11H2,1H3. The number of sulfonamides is 1. The van der Waals surface area contributed by atoms with E-state index in [1.165, 1.54) is 0 Å². The van der Waals surface area contributed by atoms with E-state index in [-0.39, 0.29) is 11.9 Å². The van der Waals surface area contributed by atoms with Gasteiger partial charge in [-0.2, -0.15) is 0 Å². The number of carbonyl (C=O) groups is 1. The predicted octanol–water partition coefficient (Wildman–Crippen LogP) is 0.540. The topological polar surface area (TPSA) is 84.9 Å². The highest BCUT2D eigenvalue weighted by atomic mass is 32.2. The number of nitrogens with zero attached hydrogens (tertiary/aromatic N) is 1. The predicted molar refractivity (Wildman–Crippen MR) is 88.7 cm³/mol. The van der Waals surface area contributed by atoms with Gasteiger partial charge in [-0.15, -0.1) is 0 Å². The molecule has 1 fully saturated rings. The molecular formula is C16H22N2O5S. The summed E-state index contributed by atoms with van der Waals surface area (Å²) in [6, 6.07) is 5.48. The summed E-state index contributed by atoms with van der Waals surface area (Å²) in [7, 11) is -3.20. The summed E-state index contributed by atoms with van der Waals surface area (Å²) >= 11 is 0. The van der Waals surface area contributed by atoms with Gasteiger partial charge in [-0.3, -0.25) is 4.79 Å². The number of likely N-dealkylation sites (tertiary alicyclic amines) is 1. The second kappa shape index (κ2) is 6.98. The smallest absolute Gasteiger partial charge is 0.226 e. The second-order valence-electron chi connectivity index (χ2n) is 6.20. The minimum atomic E-state index is -3.20. The molecule has 0 atom stereocenters. The molecule has 0 unspecified atom stereocenters. The number of piperidine rings is 1. The van der Waals surface area contributed by atoms with Crippen LogP contribution in [0.15, 0.2) is 18.2 Å². The van der Waals surface area contributed by atoms with Crippen molar-refractivity contribution in [3.63, 3.8) is 0 Å². The fourth-order valence-corrected chi connectivity index (χ4v) is 3.87. The summed E-state index contributed by atoms with van der Waals surface area (Å²) in [5, 5.41) is 0. The van der Waals surface area contributed by atoms with Gasteiger partial charge in [0.15, 0.2) is 11.5 Å². The molecular weight excluding hydrogens is 332 g/mol. The average Bonchev–Trinajstić information content (AvgIpc) is 2.54. The van der Waals surface area contributed by atoms with Crippen LogP contribution in [-0.2, 0) is 21.2 Å². The van der Waals surface area contributed by atoms with Crippen molar-refractivity contribution >= 4 is 15.9 Å². The van der Waals surface area contributed by atoms with Crippen LogP contribution in [0.3, 0.4) is 0 Å². The monoisotopic (exact) mass is 354 g/mol. The van der Waals surface area contributed by atoms with E-state index < -0.39 is 10.0 Å². The van der Waals surface area contributed by atoms with Crippen LogP contribution >= 0.6 is 0 Å². The molecule has 1 amide bonds. The second-order valence-corrected chi connectivity index (χ2v) is 7.98. The van der Waals surface area contributed by atoms with E-state index in [1.54, 1.807) is 4.90 Å². The number of hydrogen-bond acceptors (Lipinski definition) is 5. The van der Waals surface area contributed by atoms with Crippen molar-refractivity contribution in [2.45, 2.75) is 25.3 Å². The van der Waals surface area contributed by atoms with Gasteiger partial charge in [-0.05, 0) is 30.5 Å². The lowest BCUT2D eigenvalue weighted by molar-refractivity contribution is -0.131. The quantitative estimate of drug-likeness (QED) is 0.853. The lowest BCUT2D eigenvalue weighted by atomic mass is 10.0. The zero-order valence-corrected chi connectivity index (χ0v) is 14.5. The Hall–Kier alpha value is -1.80. The van der Waals surface area contributed by atoms with Gasteiger partial charge in [0.1, 0.15) is 13.2 Å². The summed E-state index contributed by atoms with van der Waals surface area (Å²) < 4.78 is 36.1. The summed E-state index contributed by atoms with van der Waals surface area (Å²) in [5.41, 5.74) is 0.889. The Morgan fingerprint density at radius 3 is 2.54 bits per heavy atom. The highest BCUT2D eigenvalue weighted by Gasteiger charge is 2.24. The van der Waals surface area contributed by atoms with Crippen molar-refractivity contribution in [1.29, 1.82) is 0 Å². The van der Waals surface area contributed by atoms with E-state index in [4.69, 9.17) is 9.47 Å². The molecule has 1 saturated heterocycles. The van der Waals surface area contributed by atoms with Crippen molar-refractivity contribution in [2.75, 3.05) is 32.6 Å². The number of amides is 1. The molecule has 0 radical (unpaired) electrons. The first-order valence-electron chi connectivity index (χ1n) is 8.04. The van der Waals surface area contributed by atoms with E-state index in [9.17, 15) is 13.2 Å². The molecule has 1 N–H and O–H groups in total. The van der Waals surface area contributed by atoms with Crippen LogP contribution < -0.4 is 14.2 Å². The maximum absolute atomic E-state index is 12.4. The number of carbonyl (C=O) groups excluding carboxylic acids is 1. The molecule has 1 aromatic rings. The Labute approximate surface area is 142 Å². The highest BCUT2D eigenvalue weighted by molar-refractivity contribution is 7.88. The lowest BCUT2D eigenvalue weighted by Crippen LogP contribution is -2.46. The summed E-state index contributed by atoms with van der Waals surface area (Å²) in [5.74, 6) is 1.44. The molecule has 2 heterocycles. The zero-order chi connectivity index (χ0) is 17.2. The van der Waals surface area contributed by atoms with Gasteiger partial charge in [-0.1, -0.05) is 6.07 Å². The number of fused-ring (bicyclic) bond motifs is 1. The van der Waals surface area contributed by atoms with E-state index >= 15 is 0 Å². The third kappa shape index (κ3) is 4.39. The van der Waals surface area contributed by atoms with Crippen LogP contribution in [0.1, 0.15) is 18.4 Å². The van der Waals surface area contributed by atoms with Crippen molar-refractivity contribution in [1.82, 2.24) is 9.62 Å². The Morgan fingerprint density at radius 2 is 1.88 bits per heavy atom. The SMILES string of the molecule is CS(=O)(=O)NC1CCN(C(=O)Cc2ccc3c(c2)OCCO3)CC1. The summed E-state index contributed by atoms with van der Waals surface area (Å²) in [6.07, 6.45) is 2.74. The lowest BCUT2D eigenvalue weighted by Gasteiger charge is -2.32. The minimum Gasteiger partial charge on any atom is -0.486 e. The molecule has 7 nitrogen and oxygen atoms in total. The first-order chi connectivity index (χ1) is 11.4. The molecule has 0 aromatic heterocycles. The van der Waals surface area contributed by atoms with Crippen molar-refractivity contribution in [2.24, 2.45) is 0 Å². The number of benzene rings is 1. The molecule has 1 aromatic carbocycles. The zero-order valence-electron chi connectivity index (χ0n) is 13.7. The molecule has 0 bridgehead atoms. The number of nitrogens with one attached hydrogen (secondary N) is 1. The molecule has 0 aliphatic carbocycles. The van der Waals surface area contributed by atoms with Crippen molar-refractivity contribution in [3.05, 3.63) is 23.8 Å². The Kier molecular flexibility index (Phi) is 4.96. The average molecular weight is 354 g/mol.